The van der Waals surface area contributed by atoms with Gasteiger partial charge in [-0.15, -0.1) is 10.2 Å². The lowest BCUT2D eigenvalue weighted by Gasteiger charge is -2.09. The van der Waals surface area contributed by atoms with Crippen molar-refractivity contribution in [3.63, 3.8) is 0 Å². The Kier molecular flexibility index (Phi) is 3.57. The maximum Gasteiger partial charge on any atom is 0.411 e. The number of hydrogen-bond acceptors (Lipinski definition) is 5. The Balaban J connectivity index is 2.24. The number of aryl methyl sites for hydroxylation is 1. The lowest BCUT2D eigenvalue weighted by molar-refractivity contribution is 0.168. The van der Waals surface area contributed by atoms with Crippen LogP contribution in [0.3, 0.4) is 0 Å². The van der Waals surface area contributed by atoms with Gasteiger partial charge in [0.05, 0.1) is 6.61 Å². The minimum Gasteiger partial charge on any atom is -0.450 e. The van der Waals surface area contributed by atoms with Crippen LogP contribution in [0, 0.1) is 6.92 Å². The van der Waals surface area contributed by atoms with E-state index >= 15 is 0 Å². The molecule has 1 heterocycles. The van der Waals surface area contributed by atoms with Crippen LogP contribution in [0.2, 0.25) is 0 Å². The van der Waals surface area contributed by atoms with Gasteiger partial charge in [-0.1, -0.05) is 6.07 Å². The fraction of sp³-hybridized carbons (Fsp3) is 0.250. The van der Waals surface area contributed by atoms with Crippen molar-refractivity contribution in [1.82, 2.24) is 10.2 Å². The Morgan fingerprint density at radius 1 is 1.50 bits per heavy atom. The number of nitrogens with zero attached hydrogens (tertiary/aromatic N) is 2. The van der Waals surface area contributed by atoms with Gasteiger partial charge >= 0.3 is 6.09 Å². The standard InChI is InChI=1S/C12H13N3O3/c1-3-17-12(16)14-10-6-9(5-4-8(10)2)11-15-13-7-18-11/h4-7H,3H2,1-2H3,(H,14,16). The Hall–Kier alpha value is -2.37. The molecular weight excluding hydrogens is 234 g/mol. The van der Waals surface area contributed by atoms with Gasteiger partial charge in [-0.3, -0.25) is 5.32 Å². The minimum atomic E-state index is -0.483. The molecule has 0 fully saturated rings. The summed E-state index contributed by atoms with van der Waals surface area (Å²) in [5.74, 6) is 0.405. The van der Waals surface area contributed by atoms with Gasteiger partial charge in [-0.2, -0.15) is 0 Å². The van der Waals surface area contributed by atoms with Gasteiger partial charge in [0.15, 0.2) is 0 Å². The Morgan fingerprint density at radius 2 is 2.33 bits per heavy atom. The highest BCUT2D eigenvalue weighted by Gasteiger charge is 2.09. The number of hydrogen-bond donors (Lipinski definition) is 1. The second-order valence-corrected chi connectivity index (χ2v) is 3.62. The topological polar surface area (TPSA) is 77.2 Å². The largest absolute Gasteiger partial charge is 0.450 e. The fourth-order valence-corrected chi connectivity index (χ4v) is 1.47. The molecule has 1 N–H and O–H groups in total. The van der Waals surface area contributed by atoms with Crippen LogP contribution in [0.4, 0.5) is 10.5 Å². The van der Waals surface area contributed by atoms with E-state index in [9.17, 15) is 4.79 Å². The maximum atomic E-state index is 11.4. The number of benzene rings is 1. The summed E-state index contributed by atoms with van der Waals surface area (Å²) >= 11 is 0. The highest BCUT2D eigenvalue weighted by atomic mass is 16.5. The molecular formula is C12H13N3O3. The van der Waals surface area contributed by atoms with Gasteiger partial charge in [0, 0.05) is 11.3 Å². The molecule has 0 bridgehead atoms. The van der Waals surface area contributed by atoms with Crippen molar-refractivity contribution in [2.45, 2.75) is 13.8 Å². The van der Waals surface area contributed by atoms with Crippen LogP contribution >= 0.6 is 0 Å². The monoisotopic (exact) mass is 247 g/mol. The van der Waals surface area contributed by atoms with Crippen LogP contribution in [0.25, 0.3) is 11.5 Å². The van der Waals surface area contributed by atoms with Gasteiger partial charge in [0.25, 0.3) is 0 Å². The Morgan fingerprint density at radius 3 is 3.00 bits per heavy atom. The zero-order valence-electron chi connectivity index (χ0n) is 10.1. The first-order valence-corrected chi connectivity index (χ1v) is 5.51. The summed E-state index contributed by atoms with van der Waals surface area (Å²) in [6.07, 6.45) is 0.775. The van der Waals surface area contributed by atoms with Crippen LogP contribution < -0.4 is 5.32 Å². The predicted octanol–water partition coefficient (Wildman–Crippen LogP) is 2.61. The van der Waals surface area contributed by atoms with Crippen molar-refractivity contribution >= 4 is 11.8 Å². The van der Waals surface area contributed by atoms with E-state index in [0.29, 0.717) is 18.2 Å². The maximum absolute atomic E-state index is 11.4. The number of amides is 1. The lowest BCUT2D eigenvalue weighted by atomic mass is 10.1. The third kappa shape index (κ3) is 2.65. The average molecular weight is 247 g/mol. The number of ether oxygens (including phenoxy) is 1. The van der Waals surface area contributed by atoms with Crippen LogP contribution in [-0.4, -0.2) is 22.9 Å². The van der Waals surface area contributed by atoms with Crippen LogP contribution in [0.5, 0.6) is 0 Å². The van der Waals surface area contributed by atoms with E-state index in [0.717, 1.165) is 11.1 Å². The van der Waals surface area contributed by atoms with Crippen molar-refractivity contribution in [1.29, 1.82) is 0 Å². The number of carbonyl (C=O) groups excluding carboxylic acids is 1. The van der Waals surface area contributed by atoms with E-state index in [-0.39, 0.29) is 0 Å². The zero-order valence-corrected chi connectivity index (χ0v) is 10.1. The van der Waals surface area contributed by atoms with Crippen molar-refractivity contribution in [3.05, 3.63) is 30.2 Å². The summed E-state index contributed by atoms with van der Waals surface area (Å²) in [5, 5.41) is 10.1. The van der Waals surface area contributed by atoms with Crippen molar-refractivity contribution in [2.24, 2.45) is 0 Å². The summed E-state index contributed by atoms with van der Waals surface area (Å²) in [7, 11) is 0. The normalized spacial score (nSPS) is 10.1. The van der Waals surface area contributed by atoms with Crippen molar-refractivity contribution in [2.75, 3.05) is 11.9 Å². The molecule has 0 saturated heterocycles. The molecule has 1 amide bonds. The number of carbonyl (C=O) groups is 1. The van der Waals surface area contributed by atoms with Crippen LogP contribution in [-0.2, 0) is 4.74 Å². The summed E-state index contributed by atoms with van der Waals surface area (Å²) in [5.41, 5.74) is 2.32. The van der Waals surface area contributed by atoms with E-state index < -0.39 is 6.09 Å². The molecule has 0 radical (unpaired) electrons. The first-order valence-electron chi connectivity index (χ1n) is 5.51. The van der Waals surface area contributed by atoms with Gasteiger partial charge in [-0.25, -0.2) is 4.79 Å². The summed E-state index contributed by atoms with van der Waals surface area (Å²) < 4.78 is 9.93. The molecule has 1 aromatic carbocycles. The molecule has 6 heteroatoms. The molecule has 6 nitrogen and oxygen atoms in total. The second-order valence-electron chi connectivity index (χ2n) is 3.62. The predicted molar refractivity (Wildman–Crippen MR) is 65.1 cm³/mol. The van der Waals surface area contributed by atoms with Crippen LogP contribution in [0.1, 0.15) is 12.5 Å². The summed E-state index contributed by atoms with van der Waals surface area (Å²) in [4.78, 5) is 11.4. The summed E-state index contributed by atoms with van der Waals surface area (Å²) in [6, 6.07) is 5.47. The molecule has 0 aliphatic rings. The fourth-order valence-electron chi connectivity index (χ4n) is 1.47. The molecule has 18 heavy (non-hydrogen) atoms. The molecule has 2 aromatic rings. The molecule has 0 aliphatic carbocycles. The molecule has 0 aliphatic heterocycles. The van der Waals surface area contributed by atoms with E-state index in [1.807, 2.05) is 19.1 Å². The van der Waals surface area contributed by atoms with Gasteiger partial charge < -0.3 is 9.15 Å². The minimum absolute atomic E-state index is 0.328. The molecule has 0 saturated carbocycles. The molecule has 1 aromatic heterocycles. The molecule has 0 atom stereocenters. The number of nitrogens with one attached hydrogen (secondary N) is 1. The highest BCUT2D eigenvalue weighted by molar-refractivity contribution is 5.86. The molecule has 0 unspecified atom stereocenters. The number of aromatic nitrogens is 2. The van der Waals surface area contributed by atoms with E-state index in [1.165, 1.54) is 6.39 Å². The average Bonchev–Trinajstić information content (AvgIpc) is 2.86. The summed E-state index contributed by atoms with van der Waals surface area (Å²) in [6.45, 7) is 3.97. The van der Waals surface area contributed by atoms with E-state index in [1.54, 1.807) is 13.0 Å². The zero-order chi connectivity index (χ0) is 13.0. The second kappa shape index (κ2) is 5.31. The molecule has 2 rings (SSSR count). The van der Waals surface area contributed by atoms with Gasteiger partial charge in [-0.05, 0) is 31.5 Å². The van der Waals surface area contributed by atoms with Crippen molar-refractivity contribution < 1.29 is 13.9 Å². The SMILES string of the molecule is CCOC(=O)Nc1cc(-c2nnco2)ccc1C. The van der Waals surface area contributed by atoms with E-state index in [4.69, 9.17) is 9.15 Å². The number of rotatable bonds is 3. The van der Waals surface area contributed by atoms with Crippen molar-refractivity contribution in [3.8, 4) is 11.5 Å². The van der Waals surface area contributed by atoms with Crippen LogP contribution in [0.15, 0.2) is 29.0 Å². The smallest absolute Gasteiger partial charge is 0.411 e. The lowest BCUT2D eigenvalue weighted by Crippen LogP contribution is -2.14. The highest BCUT2D eigenvalue weighted by Crippen LogP contribution is 2.23. The van der Waals surface area contributed by atoms with Gasteiger partial charge in [0.1, 0.15) is 0 Å². The third-order valence-corrected chi connectivity index (χ3v) is 2.36. The number of anilines is 1. The first kappa shape index (κ1) is 12.1. The third-order valence-electron chi connectivity index (χ3n) is 2.36. The first-order chi connectivity index (χ1) is 8.70. The molecule has 94 valence electrons. The van der Waals surface area contributed by atoms with Gasteiger partial charge in [0.2, 0.25) is 12.3 Å². The van der Waals surface area contributed by atoms with E-state index in [2.05, 4.69) is 15.5 Å². The Labute approximate surface area is 104 Å². The quantitative estimate of drug-likeness (QED) is 0.902. The Bertz CT molecular complexity index is 538. The molecule has 0 spiro atoms.